The first-order valence-corrected chi connectivity index (χ1v) is 4.53. The number of carbonyl (C=O) groups is 1. The largest absolute Gasteiger partial charge is 0.471 e. The van der Waals surface area contributed by atoms with E-state index >= 15 is 0 Å². The van der Waals surface area contributed by atoms with E-state index in [2.05, 4.69) is 15.9 Å². The van der Waals surface area contributed by atoms with Crippen molar-refractivity contribution in [3.05, 3.63) is 22.7 Å². The lowest BCUT2D eigenvalue weighted by atomic mass is 10.3. The molecule has 0 saturated carbocycles. The topological polar surface area (TPSA) is 55.1 Å². The average Bonchev–Trinajstić information content (AvgIpc) is 2.10. The van der Waals surface area contributed by atoms with Crippen molar-refractivity contribution in [2.24, 2.45) is 0 Å². The second kappa shape index (κ2) is 4.09. The molecule has 1 rings (SSSR count). The Bertz CT molecular complexity index is 392. The Labute approximate surface area is 91.6 Å². The number of nitrogens with two attached hydrogens (primary N) is 1. The van der Waals surface area contributed by atoms with Crippen LogP contribution in [0.2, 0.25) is 0 Å². The molecule has 3 N–H and O–H groups in total. The van der Waals surface area contributed by atoms with E-state index in [-0.39, 0.29) is 11.4 Å². The van der Waals surface area contributed by atoms with Crippen LogP contribution in [0, 0.1) is 0 Å². The lowest BCUT2D eigenvalue weighted by Crippen LogP contribution is -2.29. The number of benzene rings is 1. The van der Waals surface area contributed by atoms with Gasteiger partial charge in [-0.3, -0.25) is 4.79 Å². The molecule has 0 aromatic heterocycles. The van der Waals surface area contributed by atoms with Crippen LogP contribution >= 0.6 is 15.9 Å². The van der Waals surface area contributed by atoms with Gasteiger partial charge < -0.3 is 11.1 Å². The number of alkyl halides is 3. The third-order valence-corrected chi connectivity index (χ3v) is 2.23. The third-order valence-electron chi connectivity index (χ3n) is 1.51. The van der Waals surface area contributed by atoms with E-state index in [1.165, 1.54) is 18.2 Å². The fourth-order valence-electron chi connectivity index (χ4n) is 0.823. The molecule has 0 unspecified atom stereocenters. The van der Waals surface area contributed by atoms with Gasteiger partial charge in [0.2, 0.25) is 0 Å². The summed E-state index contributed by atoms with van der Waals surface area (Å²) in [7, 11) is 0. The van der Waals surface area contributed by atoms with Crippen LogP contribution in [0.15, 0.2) is 22.7 Å². The van der Waals surface area contributed by atoms with Crippen LogP contribution in [0.1, 0.15) is 0 Å². The molecule has 0 aliphatic heterocycles. The maximum absolute atomic E-state index is 11.9. The second-order valence-electron chi connectivity index (χ2n) is 2.69. The molecule has 1 aromatic rings. The fourth-order valence-corrected chi connectivity index (χ4v) is 1.07. The Morgan fingerprint density at radius 3 is 2.47 bits per heavy atom. The van der Waals surface area contributed by atoms with Crippen molar-refractivity contribution >= 4 is 33.2 Å². The van der Waals surface area contributed by atoms with Gasteiger partial charge in [-0.1, -0.05) is 0 Å². The number of nitrogens with one attached hydrogen (secondary N) is 1. The summed E-state index contributed by atoms with van der Waals surface area (Å²) in [6.45, 7) is 0. The van der Waals surface area contributed by atoms with E-state index in [1.54, 1.807) is 5.32 Å². The van der Waals surface area contributed by atoms with Gasteiger partial charge >= 0.3 is 12.1 Å². The number of amides is 1. The molecular weight excluding hydrogens is 277 g/mol. The van der Waals surface area contributed by atoms with Crippen LogP contribution in [0.3, 0.4) is 0 Å². The Balaban J connectivity index is 2.83. The van der Waals surface area contributed by atoms with Crippen LogP contribution in [0.25, 0.3) is 0 Å². The summed E-state index contributed by atoms with van der Waals surface area (Å²) >= 11 is 3.08. The van der Waals surface area contributed by atoms with Crippen molar-refractivity contribution in [2.75, 3.05) is 11.1 Å². The third kappa shape index (κ3) is 3.12. The Morgan fingerprint density at radius 1 is 1.40 bits per heavy atom. The number of nitrogen functional groups attached to an aromatic ring is 1. The zero-order valence-electron chi connectivity index (χ0n) is 7.23. The van der Waals surface area contributed by atoms with Crippen LogP contribution in [0.5, 0.6) is 0 Å². The lowest BCUT2D eigenvalue weighted by molar-refractivity contribution is -0.167. The SMILES string of the molecule is Nc1cc(NC(=O)C(F)(F)F)ccc1Br. The minimum absolute atomic E-state index is 0.00183. The highest BCUT2D eigenvalue weighted by Gasteiger charge is 2.38. The Hall–Kier alpha value is -1.24. The molecule has 0 heterocycles. The zero-order valence-corrected chi connectivity index (χ0v) is 8.82. The smallest absolute Gasteiger partial charge is 0.398 e. The van der Waals surface area contributed by atoms with Gasteiger partial charge in [-0.2, -0.15) is 13.2 Å². The average molecular weight is 283 g/mol. The summed E-state index contributed by atoms with van der Waals surface area (Å²) in [5.74, 6) is -2.02. The van der Waals surface area contributed by atoms with Crippen LogP contribution in [-0.4, -0.2) is 12.1 Å². The Kier molecular flexibility index (Phi) is 3.23. The highest BCUT2D eigenvalue weighted by Crippen LogP contribution is 2.24. The molecule has 0 fully saturated rings. The maximum Gasteiger partial charge on any atom is 0.471 e. The summed E-state index contributed by atoms with van der Waals surface area (Å²) < 4.78 is 36.1. The standard InChI is InChI=1S/C8H6BrF3N2O/c9-5-2-1-4(3-6(5)13)14-7(15)8(10,11)12/h1-3H,13H2,(H,14,15). The maximum atomic E-state index is 11.9. The van der Waals surface area contributed by atoms with Crippen molar-refractivity contribution in [1.29, 1.82) is 0 Å². The number of anilines is 2. The molecule has 15 heavy (non-hydrogen) atoms. The summed E-state index contributed by atoms with van der Waals surface area (Å²) in [5, 5.41) is 1.69. The van der Waals surface area contributed by atoms with E-state index in [9.17, 15) is 18.0 Å². The predicted octanol–water partition coefficient (Wildman–Crippen LogP) is 2.53. The summed E-state index contributed by atoms with van der Waals surface area (Å²) in [6, 6.07) is 3.99. The van der Waals surface area contributed by atoms with Crippen LogP contribution in [-0.2, 0) is 4.79 Å². The zero-order chi connectivity index (χ0) is 11.6. The van der Waals surface area contributed by atoms with Crippen molar-refractivity contribution in [3.63, 3.8) is 0 Å². The van der Waals surface area contributed by atoms with Gasteiger partial charge in [0.15, 0.2) is 0 Å². The molecule has 0 bridgehead atoms. The number of hydrogen-bond donors (Lipinski definition) is 2. The lowest BCUT2D eigenvalue weighted by Gasteiger charge is -2.08. The molecule has 3 nitrogen and oxygen atoms in total. The predicted molar refractivity (Wildman–Crippen MR) is 53.2 cm³/mol. The quantitative estimate of drug-likeness (QED) is 0.778. The van der Waals surface area contributed by atoms with Gasteiger partial charge in [0.25, 0.3) is 0 Å². The summed E-state index contributed by atoms with van der Waals surface area (Å²) in [5.41, 5.74) is 5.67. The molecule has 0 saturated heterocycles. The number of carbonyl (C=O) groups excluding carboxylic acids is 1. The molecule has 7 heteroatoms. The second-order valence-corrected chi connectivity index (χ2v) is 3.54. The van der Waals surface area contributed by atoms with E-state index in [0.29, 0.717) is 4.47 Å². The first-order valence-electron chi connectivity index (χ1n) is 3.74. The van der Waals surface area contributed by atoms with Gasteiger partial charge in [-0.05, 0) is 34.1 Å². The van der Waals surface area contributed by atoms with Crippen LogP contribution < -0.4 is 11.1 Å². The van der Waals surface area contributed by atoms with E-state index in [4.69, 9.17) is 5.73 Å². The molecule has 0 radical (unpaired) electrons. The van der Waals surface area contributed by atoms with E-state index in [0.717, 1.165) is 0 Å². The van der Waals surface area contributed by atoms with Crippen molar-refractivity contribution < 1.29 is 18.0 Å². The Morgan fingerprint density at radius 2 is 2.00 bits per heavy atom. The molecule has 0 spiro atoms. The van der Waals surface area contributed by atoms with Gasteiger partial charge in [0.1, 0.15) is 0 Å². The number of hydrogen-bond acceptors (Lipinski definition) is 2. The highest BCUT2D eigenvalue weighted by molar-refractivity contribution is 9.10. The van der Waals surface area contributed by atoms with Crippen molar-refractivity contribution in [3.8, 4) is 0 Å². The van der Waals surface area contributed by atoms with Crippen molar-refractivity contribution in [2.45, 2.75) is 6.18 Å². The first kappa shape index (κ1) is 11.8. The molecular formula is C8H6BrF3N2O. The molecule has 0 aliphatic carbocycles. The monoisotopic (exact) mass is 282 g/mol. The molecule has 0 atom stereocenters. The number of rotatable bonds is 1. The highest BCUT2D eigenvalue weighted by atomic mass is 79.9. The molecule has 1 aromatic carbocycles. The first-order chi connectivity index (χ1) is 6.80. The summed E-state index contributed by atoms with van der Waals surface area (Å²) in [6.07, 6.45) is -4.90. The minimum Gasteiger partial charge on any atom is -0.398 e. The van der Waals surface area contributed by atoms with Gasteiger partial charge in [-0.25, -0.2) is 0 Å². The van der Waals surface area contributed by atoms with Crippen LogP contribution in [0.4, 0.5) is 24.5 Å². The fraction of sp³-hybridized carbons (Fsp3) is 0.125. The number of halogens is 4. The van der Waals surface area contributed by atoms with E-state index in [1.807, 2.05) is 0 Å². The molecule has 0 aliphatic rings. The van der Waals surface area contributed by atoms with Crippen molar-refractivity contribution in [1.82, 2.24) is 0 Å². The molecule has 82 valence electrons. The van der Waals surface area contributed by atoms with E-state index < -0.39 is 12.1 Å². The van der Waals surface area contributed by atoms with Gasteiger partial charge in [0, 0.05) is 15.8 Å². The normalized spacial score (nSPS) is 11.2. The minimum atomic E-state index is -4.90. The van der Waals surface area contributed by atoms with Gasteiger partial charge in [0.05, 0.1) is 0 Å². The van der Waals surface area contributed by atoms with Gasteiger partial charge in [-0.15, -0.1) is 0 Å². The molecule has 1 amide bonds. The summed E-state index contributed by atoms with van der Waals surface area (Å²) in [4.78, 5) is 10.5.